The number of ether oxygens (including phenoxy) is 1. The van der Waals surface area contributed by atoms with E-state index in [-0.39, 0.29) is 11.2 Å². The summed E-state index contributed by atoms with van der Waals surface area (Å²) in [5.41, 5.74) is 2.31. The van der Waals surface area contributed by atoms with Gasteiger partial charge in [0, 0.05) is 12.8 Å². The van der Waals surface area contributed by atoms with E-state index >= 15 is 0 Å². The minimum atomic E-state index is -0.224. The van der Waals surface area contributed by atoms with Crippen molar-refractivity contribution >= 4 is 11.8 Å². The van der Waals surface area contributed by atoms with Gasteiger partial charge < -0.3 is 9.30 Å². The van der Waals surface area contributed by atoms with E-state index < -0.39 is 0 Å². The highest BCUT2D eigenvalue weighted by Crippen LogP contribution is 2.25. The molecule has 0 aliphatic carbocycles. The number of aromatic nitrogens is 3. The van der Waals surface area contributed by atoms with Crippen LogP contribution in [0.5, 0.6) is 5.75 Å². The Bertz CT molecular complexity index is 901. The van der Waals surface area contributed by atoms with Gasteiger partial charge in [-0.05, 0) is 40.8 Å². The maximum Gasteiger partial charge on any atom is 0.191 e. The van der Waals surface area contributed by atoms with Crippen molar-refractivity contribution in [3.05, 3.63) is 71.3 Å². The van der Waals surface area contributed by atoms with E-state index in [0.717, 1.165) is 22.3 Å². The van der Waals surface area contributed by atoms with Crippen LogP contribution < -0.4 is 4.74 Å². The molecule has 3 aromatic rings. The van der Waals surface area contributed by atoms with Gasteiger partial charge in [-0.15, -0.1) is 10.2 Å². The molecule has 27 heavy (non-hydrogen) atoms. The monoisotopic (exact) mass is 385 g/mol. The fourth-order valence-corrected chi connectivity index (χ4v) is 3.44. The molecule has 0 spiro atoms. The van der Waals surface area contributed by atoms with E-state index in [1.54, 1.807) is 6.07 Å². The van der Waals surface area contributed by atoms with E-state index in [4.69, 9.17) is 4.74 Å². The summed E-state index contributed by atoms with van der Waals surface area (Å²) in [4.78, 5) is 0. The number of nitrogens with zero attached hydrogens (tertiary/aromatic N) is 3. The number of thioether (sulfide) groups is 1. The van der Waals surface area contributed by atoms with E-state index in [1.807, 2.05) is 29.8 Å². The fraction of sp³-hybridized carbons (Fsp3) is 0.333. The summed E-state index contributed by atoms with van der Waals surface area (Å²) in [6.07, 6.45) is 0. The first-order chi connectivity index (χ1) is 12.8. The van der Waals surface area contributed by atoms with Gasteiger partial charge in [0.25, 0.3) is 0 Å². The molecule has 3 rings (SSSR count). The second-order valence-electron chi connectivity index (χ2n) is 7.44. The van der Waals surface area contributed by atoms with Crippen molar-refractivity contribution in [1.29, 1.82) is 0 Å². The Morgan fingerprint density at radius 2 is 1.81 bits per heavy atom. The Labute approximate surface area is 163 Å². The van der Waals surface area contributed by atoms with Gasteiger partial charge in [0.15, 0.2) is 11.0 Å². The predicted octanol–water partition coefficient (Wildman–Crippen LogP) is 5.12. The average Bonchev–Trinajstić information content (AvgIpc) is 2.98. The quantitative estimate of drug-likeness (QED) is 0.552. The minimum absolute atomic E-state index is 0.121. The van der Waals surface area contributed by atoms with Crippen molar-refractivity contribution < 1.29 is 9.13 Å². The third-order valence-corrected chi connectivity index (χ3v) is 5.36. The first-order valence-corrected chi connectivity index (χ1v) is 9.80. The summed E-state index contributed by atoms with van der Waals surface area (Å²) < 4.78 is 21.0. The van der Waals surface area contributed by atoms with Crippen molar-refractivity contribution in [3.8, 4) is 5.75 Å². The van der Waals surface area contributed by atoms with Crippen LogP contribution in [-0.4, -0.2) is 14.8 Å². The molecular formula is C21H24FN3OS. The zero-order valence-corrected chi connectivity index (χ0v) is 16.9. The lowest BCUT2D eigenvalue weighted by atomic mass is 9.87. The first kappa shape index (κ1) is 19.4. The molecular weight excluding hydrogens is 361 g/mol. The highest BCUT2D eigenvalue weighted by Gasteiger charge is 2.14. The molecule has 0 unspecified atom stereocenters. The van der Waals surface area contributed by atoms with Crippen molar-refractivity contribution in [2.45, 2.75) is 43.7 Å². The molecule has 0 saturated carbocycles. The van der Waals surface area contributed by atoms with Gasteiger partial charge in [-0.25, -0.2) is 4.39 Å². The van der Waals surface area contributed by atoms with Gasteiger partial charge in [-0.1, -0.05) is 56.8 Å². The van der Waals surface area contributed by atoms with Gasteiger partial charge in [0.05, 0.1) is 0 Å². The van der Waals surface area contributed by atoms with Crippen LogP contribution in [0.15, 0.2) is 53.7 Å². The molecule has 142 valence electrons. The second-order valence-corrected chi connectivity index (χ2v) is 8.38. The fourth-order valence-electron chi connectivity index (χ4n) is 2.57. The van der Waals surface area contributed by atoms with Crippen LogP contribution in [0.4, 0.5) is 4.39 Å². The van der Waals surface area contributed by atoms with E-state index in [1.165, 1.54) is 29.5 Å². The van der Waals surface area contributed by atoms with Crippen LogP contribution in [0.2, 0.25) is 0 Å². The predicted molar refractivity (Wildman–Crippen MR) is 106 cm³/mol. The van der Waals surface area contributed by atoms with E-state index in [9.17, 15) is 4.39 Å². The van der Waals surface area contributed by atoms with E-state index in [2.05, 4.69) is 43.1 Å². The molecule has 1 aromatic heterocycles. The Balaban J connectivity index is 1.58. The third kappa shape index (κ3) is 5.10. The molecule has 2 aromatic carbocycles. The molecule has 4 nitrogen and oxygen atoms in total. The van der Waals surface area contributed by atoms with Crippen molar-refractivity contribution in [2.24, 2.45) is 7.05 Å². The molecule has 0 aliphatic heterocycles. The maximum atomic E-state index is 13.3. The number of halogens is 1. The first-order valence-electron chi connectivity index (χ1n) is 8.82. The highest BCUT2D eigenvalue weighted by molar-refractivity contribution is 7.98. The number of benzene rings is 2. The van der Waals surface area contributed by atoms with Gasteiger partial charge in [0.1, 0.15) is 18.2 Å². The van der Waals surface area contributed by atoms with Crippen LogP contribution in [-0.2, 0) is 24.8 Å². The summed E-state index contributed by atoms with van der Waals surface area (Å²) in [7, 11) is 1.91. The molecule has 0 N–H and O–H groups in total. The molecule has 0 radical (unpaired) electrons. The van der Waals surface area contributed by atoms with Crippen molar-refractivity contribution in [3.63, 3.8) is 0 Å². The highest BCUT2D eigenvalue weighted by atomic mass is 32.2. The zero-order chi connectivity index (χ0) is 19.4. The average molecular weight is 386 g/mol. The van der Waals surface area contributed by atoms with Crippen LogP contribution in [0.1, 0.15) is 37.7 Å². The van der Waals surface area contributed by atoms with Crippen molar-refractivity contribution in [2.75, 3.05) is 0 Å². The van der Waals surface area contributed by atoms with Gasteiger partial charge in [0.2, 0.25) is 0 Å². The second kappa shape index (κ2) is 8.13. The third-order valence-electron chi connectivity index (χ3n) is 4.27. The van der Waals surface area contributed by atoms with Gasteiger partial charge in [-0.3, -0.25) is 0 Å². The normalized spacial score (nSPS) is 11.6. The van der Waals surface area contributed by atoms with Gasteiger partial charge >= 0.3 is 0 Å². The molecule has 0 aliphatic rings. The zero-order valence-electron chi connectivity index (χ0n) is 16.1. The van der Waals surface area contributed by atoms with Crippen LogP contribution in [0.25, 0.3) is 0 Å². The maximum absolute atomic E-state index is 13.3. The molecule has 0 amide bonds. The molecule has 6 heteroatoms. The Kier molecular flexibility index (Phi) is 5.85. The lowest BCUT2D eigenvalue weighted by Crippen LogP contribution is -2.10. The molecule has 0 bridgehead atoms. The summed E-state index contributed by atoms with van der Waals surface area (Å²) in [5.74, 6) is 1.97. The van der Waals surface area contributed by atoms with Crippen LogP contribution in [0, 0.1) is 5.82 Å². The summed E-state index contributed by atoms with van der Waals surface area (Å²) in [6.45, 7) is 6.90. The van der Waals surface area contributed by atoms with Crippen LogP contribution in [0.3, 0.4) is 0 Å². The Morgan fingerprint density at radius 3 is 2.48 bits per heavy atom. The SMILES string of the molecule is Cn1c(COc2ccc(C(C)(C)C)cc2)nnc1SCc1cccc(F)c1. The lowest BCUT2D eigenvalue weighted by Gasteiger charge is -2.19. The number of hydrogen-bond donors (Lipinski definition) is 0. The number of hydrogen-bond acceptors (Lipinski definition) is 4. The van der Waals surface area contributed by atoms with Crippen molar-refractivity contribution in [1.82, 2.24) is 14.8 Å². The van der Waals surface area contributed by atoms with Crippen LogP contribution >= 0.6 is 11.8 Å². The summed E-state index contributed by atoms with van der Waals surface area (Å²) in [5, 5.41) is 9.20. The Hall–Kier alpha value is -2.34. The molecule has 0 atom stereocenters. The standard InChI is InChI=1S/C21H24FN3OS/c1-21(2,3)16-8-10-18(11-9-16)26-13-19-23-24-20(25(19)4)27-14-15-6-5-7-17(22)12-15/h5-12H,13-14H2,1-4H3. The number of rotatable bonds is 6. The molecule has 0 fully saturated rings. The van der Waals surface area contributed by atoms with Gasteiger partial charge in [-0.2, -0.15) is 0 Å². The molecule has 0 saturated heterocycles. The minimum Gasteiger partial charge on any atom is -0.486 e. The Morgan fingerprint density at radius 1 is 1.07 bits per heavy atom. The van der Waals surface area contributed by atoms with E-state index in [0.29, 0.717) is 12.4 Å². The largest absolute Gasteiger partial charge is 0.486 e. The summed E-state index contributed by atoms with van der Waals surface area (Å²) in [6, 6.07) is 14.7. The summed E-state index contributed by atoms with van der Waals surface area (Å²) >= 11 is 1.52. The smallest absolute Gasteiger partial charge is 0.191 e. The lowest BCUT2D eigenvalue weighted by molar-refractivity contribution is 0.290. The topological polar surface area (TPSA) is 39.9 Å². The molecule has 1 heterocycles.